The van der Waals surface area contributed by atoms with Crippen LogP contribution >= 0.6 is 0 Å². The van der Waals surface area contributed by atoms with E-state index in [1.807, 2.05) is 0 Å². The molecule has 2 saturated carbocycles. The predicted octanol–water partition coefficient (Wildman–Crippen LogP) is 0.601. The lowest BCUT2D eigenvalue weighted by atomic mass is 9.99. The Labute approximate surface area is 88.8 Å². The Morgan fingerprint density at radius 3 is 2.73 bits per heavy atom. The van der Waals surface area contributed by atoms with Crippen molar-refractivity contribution in [1.82, 2.24) is 10.6 Å². The summed E-state index contributed by atoms with van der Waals surface area (Å²) in [4.78, 5) is 11.8. The lowest BCUT2D eigenvalue weighted by Gasteiger charge is -2.24. The van der Waals surface area contributed by atoms with Crippen LogP contribution in [0.3, 0.4) is 0 Å². The normalized spacial score (nSPS) is 43.3. The molecule has 4 heteroatoms. The Bertz CT molecular complexity index is 278. The van der Waals surface area contributed by atoms with E-state index in [9.17, 15) is 9.18 Å². The fourth-order valence-corrected chi connectivity index (χ4v) is 2.80. The summed E-state index contributed by atoms with van der Waals surface area (Å²) >= 11 is 0. The fraction of sp³-hybridized carbons (Fsp3) is 0.909. The number of halogens is 1. The summed E-state index contributed by atoms with van der Waals surface area (Å²) in [7, 11) is 0. The quantitative estimate of drug-likeness (QED) is 0.719. The summed E-state index contributed by atoms with van der Waals surface area (Å²) < 4.78 is 13.2. The van der Waals surface area contributed by atoms with E-state index in [2.05, 4.69) is 10.6 Å². The van der Waals surface area contributed by atoms with Gasteiger partial charge in [0.25, 0.3) is 0 Å². The van der Waals surface area contributed by atoms with Crippen LogP contribution in [-0.2, 0) is 4.79 Å². The first-order valence-corrected chi connectivity index (χ1v) is 5.92. The third-order valence-corrected chi connectivity index (χ3v) is 3.93. The summed E-state index contributed by atoms with van der Waals surface area (Å²) in [5.41, 5.74) is 0. The maximum atomic E-state index is 13.2. The van der Waals surface area contributed by atoms with Gasteiger partial charge in [0.05, 0.1) is 6.04 Å². The maximum absolute atomic E-state index is 13.2. The molecule has 1 aliphatic heterocycles. The molecule has 2 N–H and O–H groups in total. The Morgan fingerprint density at radius 2 is 2.20 bits per heavy atom. The van der Waals surface area contributed by atoms with E-state index >= 15 is 0 Å². The van der Waals surface area contributed by atoms with Crippen molar-refractivity contribution in [2.45, 2.75) is 43.9 Å². The van der Waals surface area contributed by atoms with Gasteiger partial charge in [-0.15, -0.1) is 0 Å². The molecule has 15 heavy (non-hydrogen) atoms. The van der Waals surface area contributed by atoms with Gasteiger partial charge in [0.15, 0.2) is 0 Å². The minimum absolute atomic E-state index is 0.0633. The van der Waals surface area contributed by atoms with E-state index in [0.717, 1.165) is 13.0 Å². The minimum atomic E-state index is -0.734. The molecule has 3 nitrogen and oxygen atoms in total. The zero-order valence-corrected chi connectivity index (χ0v) is 8.71. The largest absolute Gasteiger partial charge is 0.354 e. The van der Waals surface area contributed by atoms with Crippen molar-refractivity contribution in [3.63, 3.8) is 0 Å². The molecule has 0 radical (unpaired) electrons. The van der Waals surface area contributed by atoms with Crippen LogP contribution in [0.15, 0.2) is 0 Å². The van der Waals surface area contributed by atoms with E-state index in [1.165, 1.54) is 12.8 Å². The molecule has 1 heterocycles. The van der Waals surface area contributed by atoms with Gasteiger partial charge in [-0.2, -0.15) is 0 Å². The highest BCUT2D eigenvalue weighted by Gasteiger charge is 2.48. The molecular formula is C11H17FN2O. The van der Waals surface area contributed by atoms with Crippen LogP contribution in [0.2, 0.25) is 0 Å². The third kappa shape index (κ3) is 1.75. The lowest BCUT2D eigenvalue weighted by Crippen LogP contribution is -2.50. The summed E-state index contributed by atoms with van der Waals surface area (Å²) in [6.45, 7) is 0.813. The highest BCUT2D eigenvalue weighted by molar-refractivity contribution is 5.82. The molecule has 1 unspecified atom stereocenters. The van der Waals surface area contributed by atoms with Crippen LogP contribution in [0.4, 0.5) is 4.39 Å². The molecule has 3 aliphatic rings. The van der Waals surface area contributed by atoms with Crippen LogP contribution in [0.5, 0.6) is 0 Å². The summed E-state index contributed by atoms with van der Waals surface area (Å²) in [6.07, 6.45) is 3.16. The van der Waals surface area contributed by atoms with E-state index in [-0.39, 0.29) is 23.9 Å². The van der Waals surface area contributed by atoms with Crippen LogP contribution in [0.1, 0.15) is 25.7 Å². The van der Waals surface area contributed by atoms with Gasteiger partial charge in [0.2, 0.25) is 5.91 Å². The van der Waals surface area contributed by atoms with E-state index in [0.29, 0.717) is 12.3 Å². The molecule has 3 rings (SSSR count). The number of amides is 1. The highest BCUT2D eigenvalue weighted by Crippen LogP contribution is 2.37. The zero-order valence-electron chi connectivity index (χ0n) is 8.71. The Hall–Kier alpha value is -0.640. The van der Waals surface area contributed by atoms with E-state index in [1.54, 1.807) is 0 Å². The Balaban J connectivity index is 1.52. The molecule has 4 atom stereocenters. The monoisotopic (exact) mass is 212 g/mol. The first-order valence-electron chi connectivity index (χ1n) is 5.92. The van der Waals surface area contributed by atoms with Crippen molar-refractivity contribution < 1.29 is 9.18 Å². The second kappa shape index (κ2) is 3.44. The van der Waals surface area contributed by atoms with Gasteiger partial charge < -0.3 is 5.32 Å². The summed E-state index contributed by atoms with van der Waals surface area (Å²) in [6, 6.07) is -0.188. The van der Waals surface area contributed by atoms with Crippen LogP contribution in [0, 0.1) is 11.8 Å². The Kier molecular flexibility index (Phi) is 2.20. The minimum Gasteiger partial charge on any atom is -0.354 e. The number of alkyl halides is 1. The second-order valence-electron chi connectivity index (χ2n) is 5.19. The first kappa shape index (κ1) is 9.58. The molecule has 84 valence electrons. The maximum Gasteiger partial charge on any atom is 0.237 e. The number of carbonyl (C=O) groups excluding carboxylic acids is 1. The van der Waals surface area contributed by atoms with E-state index < -0.39 is 6.17 Å². The molecule has 2 bridgehead atoms. The van der Waals surface area contributed by atoms with E-state index in [4.69, 9.17) is 0 Å². The van der Waals surface area contributed by atoms with Crippen molar-refractivity contribution in [3.8, 4) is 0 Å². The molecule has 0 aromatic rings. The number of fused-ring (bicyclic) bond motifs is 2. The molecule has 0 aromatic heterocycles. The third-order valence-electron chi connectivity index (χ3n) is 3.93. The van der Waals surface area contributed by atoms with Crippen molar-refractivity contribution in [1.29, 1.82) is 0 Å². The van der Waals surface area contributed by atoms with Crippen LogP contribution in [-0.4, -0.2) is 30.7 Å². The van der Waals surface area contributed by atoms with Gasteiger partial charge in [-0.3, -0.25) is 10.1 Å². The summed E-state index contributed by atoms with van der Waals surface area (Å²) in [5.74, 6) is 1.02. The van der Waals surface area contributed by atoms with Crippen molar-refractivity contribution >= 4 is 5.91 Å². The molecule has 0 aromatic carbocycles. The number of carbonyl (C=O) groups is 1. The van der Waals surface area contributed by atoms with Gasteiger partial charge in [-0.1, -0.05) is 0 Å². The number of hydrogen-bond acceptors (Lipinski definition) is 2. The highest BCUT2D eigenvalue weighted by atomic mass is 19.1. The van der Waals surface area contributed by atoms with Crippen molar-refractivity contribution in [2.24, 2.45) is 11.8 Å². The molecular weight excluding hydrogens is 195 g/mol. The van der Waals surface area contributed by atoms with Gasteiger partial charge in [-0.05, 0) is 37.5 Å². The smallest absolute Gasteiger partial charge is 0.237 e. The van der Waals surface area contributed by atoms with Gasteiger partial charge >= 0.3 is 0 Å². The van der Waals surface area contributed by atoms with Crippen molar-refractivity contribution in [3.05, 3.63) is 0 Å². The van der Waals surface area contributed by atoms with Crippen molar-refractivity contribution in [2.75, 3.05) is 6.54 Å². The molecule has 3 fully saturated rings. The SMILES string of the molecule is O=C(NCC1CC1)[C@@H]1N[C@@H]2CC1C[C@H]2F. The fourth-order valence-electron chi connectivity index (χ4n) is 2.80. The Morgan fingerprint density at radius 1 is 1.40 bits per heavy atom. The molecule has 1 amide bonds. The molecule has 1 saturated heterocycles. The lowest BCUT2D eigenvalue weighted by molar-refractivity contribution is -0.124. The van der Waals surface area contributed by atoms with Gasteiger partial charge in [-0.25, -0.2) is 4.39 Å². The van der Waals surface area contributed by atoms with Crippen LogP contribution < -0.4 is 10.6 Å². The number of piperidine rings is 1. The first-order chi connectivity index (χ1) is 7.24. The topological polar surface area (TPSA) is 41.1 Å². The average Bonchev–Trinajstić information content (AvgIpc) is 2.86. The zero-order chi connectivity index (χ0) is 10.4. The van der Waals surface area contributed by atoms with Gasteiger partial charge in [0.1, 0.15) is 6.17 Å². The molecule has 2 aliphatic carbocycles. The van der Waals surface area contributed by atoms with Gasteiger partial charge in [0, 0.05) is 12.6 Å². The predicted molar refractivity (Wildman–Crippen MR) is 54.1 cm³/mol. The standard InChI is InChI=1S/C11H17FN2O/c12-8-3-7-4-9(8)14-10(7)11(15)13-5-6-1-2-6/h6-10,14H,1-5H2,(H,13,15)/t7?,8-,9-,10-/m1/s1. The number of hydrogen-bond donors (Lipinski definition) is 2. The number of rotatable bonds is 3. The van der Waals surface area contributed by atoms with Crippen LogP contribution in [0.25, 0.3) is 0 Å². The second-order valence-corrected chi connectivity index (χ2v) is 5.19. The number of nitrogens with one attached hydrogen (secondary N) is 2. The molecule has 0 spiro atoms. The summed E-state index contributed by atoms with van der Waals surface area (Å²) in [5, 5.41) is 6.06. The average molecular weight is 212 g/mol.